The van der Waals surface area contributed by atoms with Gasteiger partial charge in [0.2, 0.25) is 0 Å². The van der Waals surface area contributed by atoms with Crippen LogP contribution in [0.25, 0.3) is 10.9 Å². The summed E-state index contributed by atoms with van der Waals surface area (Å²) in [5.41, 5.74) is 4.80. The van der Waals surface area contributed by atoms with E-state index in [4.69, 9.17) is 0 Å². The largest absolute Gasteiger partial charge is 0.321 e. The Hall–Kier alpha value is -3.28. The highest BCUT2D eigenvalue weighted by molar-refractivity contribution is 5.95. The van der Waals surface area contributed by atoms with Gasteiger partial charge in [-0.2, -0.15) is 5.10 Å². The number of nitrogens with zero attached hydrogens (tertiary/aromatic N) is 2. The van der Waals surface area contributed by atoms with Gasteiger partial charge in [0.05, 0.1) is 11.8 Å². The first-order valence-electron chi connectivity index (χ1n) is 7.00. The molecule has 0 aliphatic heterocycles. The van der Waals surface area contributed by atoms with Crippen molar-refractivity contribution in [3.8, 4) is 0 Å². The quantitative estimate of drug-likeness (QED) is 0.573. The summed E-state index contributed by atoms with van der Waals surface area (Å²) in [4.78, 5) is 30.5. The topological polar surface area (TPSA) is 87.2 Å². The normalized spacial score (nSPS) is 11.0. The lowest BCUT2D eigenvalue weighted by atomic mass is 10.1. The zero-order chi connectivity index (χ0) is 16.2. The average Bonchev–Trinajstić information content (AvgIpc) is 2.56. The molecule has 0 radical (unpaired) electrons. The summed E-state index contributed by atoms with van der Waals surface area (Å²) in [6.07, 6.45) is 4.38. The number of hydrogen-bond donors (Lipinski definition) is 2. The first-order valence-corrected chi connectivity index (χ1v) is 7.00. The lowest BCUT2D eigenvalue weighted by Crippen LogP contribution is -2.19. The number of amides is 1. The lowest BCUT2D eigenvalue weighted by molar-refractivity contribution is 0.0955. The second-order valence-corrected chi connectivity index (χ2v) is 5.08. The Labute approximate surface area is 131 Å². The SMILES string of the molecule is Cc1ccc2[nH]c(=O)c(/C=N/NC(=O)c3ccncc3)cc2c1. The van der Waals surface area contributed by atoms with E-state index in [0.29, 0.717) is 11.1 Å². The highest BCUT2D eigenvalue weighted by Crippen LogP contribution is 2.12. The van der Waals surface area contributed by atoms with Gasteiger partial charge in [0.1, 0.15) is 0 Å². The van der Waals surface area contributed by atoms with Gasteiger partial charge in [0, 0.05) is 23.5 Å². The van der Waals surface area contributed by atoms with E-state index < -0.39 is 0 Å². The van der Waals surface area contributed by atoms with Gasteiger partial charge in [-0.3, -0.25) is 14.6 Å². The number of H-pyrrole nitrogens is 1. The van der Waals surface area contributed by atoms with Crippen molar-refractivity contribution in [2.45, 2.75) is 6.92 Å². The highest BCUT2D eigenvalue weighted by atomic mass is 16.2. The van der Waals surface area contributed by atoms with Crippen molar-refractivity contribution in [1.29, 1.82) is 0 Å². The van der Waals surface area contributed by atoms with Crippen molar-refractivity contribution < 1.29 is 4.79 Å². The number of hydrazone groups is 1. The van der Waals surface area contributed by atoms with Crippen LogP contribution in [0.4, 0.5) is 0 Å². The Morgan fingerprint density at radius 3 is 2.78 bits per heavy atom. The third-order valence-corrected chi connectivity index (χ3v) is 3.34. The Bertz CT molecular complexity index is 946. The van der Waals surface area contributed by atoms with Crippen LogP contribution in [-0.2, 0) is 0 Å². The number of benzene rings is 1. The number of aromatic nitrogens is 2. The van der Waals surface area contributed by atoms with E-state index in [1.54, 1.807) is 18.2 Å². The third-order valence-electron chi connectivity index (χ3n) is 3.34. The van der Waals surface area contributed by atoms with Crippen LogP contribution >= 0.6 is 0 Å². The molecule has 2 N–H and O–H groups in total. The van der Waals surface area contributed by atoms with Crippen molar-refractivity contribution in [3.63, 3.8) is 0 Å². The van der Waals surface area contributed by atoms with E-state index in [-0.39, 0.29) is 11.5 Å². The summed E-state index contributed by atoms with van der Waals surface area (Å²) < 4.78 is 0. The standard InChI is InChI=1S/C17H14N4O2/c1-11-2-3-15-13(8-11)9-14(16(22)20-15)10-19-21-17(23)12-4-6-18-7-5-12/h2-10H,1H3,(H,20,22)(H,21,23)/b19-10+. The maximum atomic E-state index is 12.0. The molecule has 2 aromatic heterocycles. The summed E-state index contributed by atoms with van der Waals surface area (Å²) in [5, 5.41) is 4.75. The molecule has 0 aliphatic carbocycles. The number of hydrogen-bond acceptors (Lipinski definition) is 4. The number of fused-ring (bicyclic) bond motifs is 1. The zero-order valence-corrected chi connectivity index (χ0v) is 12.4. The van der Waals surface area contributed by atoms with Gasteiger partial charge in [-0.25, -0.2) is 5.43 Å². The second kappa shape index (κ2) is 6.23. The summed E-state index contributed by atoms with van der Waals surface area (Å²) in [5.74, 6) is -0.364. The maximum absolute atomic E-state index is 12.0. The van der Waals surface area contributed by atoms with Gasteiger partial charge in [-0.15, -0.1) is 0 Å². The second-order valence-electron chi connectivity index (χ2n) is 5.08. The minimum Gasteiger partial charge on any atom is -0.321 e. The van der Waals surface area contributed by atoms with E-state index in [9.17, 15) is 9.59 Å². The summed E-state index contributed by atoms with van der Waals surface area (Å²) in [6, 6.07) is 10.7. The Balaban J connectivity index is 1.82. The summed E-state index contributed by atoms with van der Waals surface area (Å²) >= 11 is 0. The van der Waals surface area contributed by atoms with Crippen LogP contribution in [0.5, 0.6) is 0 Å². The lowest BCUT2D eigenvalue weighted by Gasteiger charge is -2.01. The fourth-order valence-electron chi connectivity index (χ4n) is 2.17. The van der Waals surface area contributed by atoms with Crippen LogP contribution in [0.15, 0.2) is 58.7 Å². The van der Waals surface area contributed by atoms with E-state index in [2.05, 4.69) is 20.5 Å². The number of carbonyl (C=O) groups excluding carboxylic acids is 1. The molecule has 0 saturated heterocycles. The minimum absolute atomic E-state index is 0.261. The summed E-state index contributed by atoms with van der Waals surface area (Å²) in [7, 11) is 0. The Morgan fingerprint density at radius 2 is 2.00 bits per heavy atom. The predicted octanol–water partition coefficient (Wildman–Crippen LogP) is 2.00. The number of pyridine rings is 2. The first-order chi connectivity index (χ1) is 11.1. The molecule has 0 saturated carbocycles. The Morgan fingerprint density at radius 1 is 1.22 bits per heavy atom. The molecule has 114 valence electrons. The van der Waals surface area contributed by atoms with Crippen molar-refractivity contribution in [2.24, 2.45) is 5.10 Å². The number of carbonyl (C=O) groups is 1. The molecular weight excluding hydrogens is 292 g/mol. The van der Waals surface area contributed by atoms with E-state index in [1.165, 1.54) is 18.6 Å². The molecule has 0 fully saturated rings. The van der Waals surface area contributed by atoms with Crippen molar-refractivity contribution >= 4 is 23.0 Å². The fraction of sp³-hybridized carbons (Fsp3) is 0.0588. The molecule has 0 unspecified atom stereocenters. The zero-order valence-electron chi connectivity index (χ0n) is 12.4. The van der Waals surface area contributed by atoms with E-state index >= 15 is 0 Å². The minimum atomic E-state index is -0.364. The average molecular weight is 306 g/mol. The molecule has 1 amide bonds. The molecular formula is C17H14N4O2. The number of nitrogens with one attached hydrogen (secondary N) is 2. The van der Waals surface area contributed by atoms with Crippen LogP contribution in [-0.4, -0.2) is 22.1 Å². The number of aryl methyl sites for hydroxylation is 1. The van der Waals surface area contributed by atoms with E-state index in [1.807, 2.05) is 25.1 Å². The Kier molecular flexibility index (Phi) is 3.97. The van der Waals surface area contributed by atoms with Gasteiger partial charge < -0.3 is 4.98 Å². The number of aromatic amines is 1. The molecule has 2 heterocycles. The molecule has 0 bridgehead atoms. The van der Waals surface area contributed by atoms with Gasteiger partial charge >= 0.3 is 0 Å². The van der Waals surface area contributed by atoms with Crippen LogP contribution in [0.3, 0.4) is 0 Å². The highest BCUT2D eigenvalue weighted by Gasteiger charge is 2.04. The van der Waals surface area contributed by atoms with Gasteiger partial charge in [-0.1, -0.05) is 11.6 Å². The van der Waals surface area contributed by atoms with Gasteiger partial charge in [-0.05, 0) is 42.6 Å². The van der Waals surface area contributed by atoms with Crippen LogP contribution < -0.4 is 11.0 Å². The molecule has 0 atom stereocenters. The molecule has 0 spiro atoms. The van der Waals surface area contributed by atoms with Gasteiger partial charge in [0.15, 0.2) is 0 Å². The van der Waals surface area contributed by atoms with Gasteiger partial charge in [0.25, 0.3) is 11.5 Å². The van der Waals surface area contributed by atoms with Crippen LogP contribution in [0.1, 0.15) is 21.5 Å². The van der Waals surface area contributed by atoms with E-state index in [0.717, 1.165) is 16.5 Å². The first kappa shape index (κ1) is 14.6. The molecule has 3 aromatic rings. The maximum Gasteiger partial charge on any atom is 0.271 e. The molecule has 23 heavy (non-hydrogen) atoms. The fourth-order valence-corrected chi connectivity index (χ4v) is 2.17. The number of rotatable bonds is 3. The third kappa shape index (κ3) is 3.32. The molecule has 6 nitrogen and oxygen atoms in total. The van der Waals surface area contributed by atoms with Crippen molar-refractivity contribution in [3.05, 3.63) is 75.8 Å². The van der Waals surface area contributed by atoms with Crippen LogP contribution in [0, 0.1) is 6.92 Å². The molecule has 3 rings (SSSR count). The molecule has 0 aliphatic rings. The molecule has 1 aromatic carbocycles. The monoisotopic (exact) mass is 306 g/mol. The van der Waals surface area contributed by atoms with Crippen LogP contribution in [0.2, 0.25) is 0 Å². The van der Waals surface area contributed by atoms with Crippen molar-refractivity contribution in [2.75, 3.05) is 0 Å². The van der Waals surface area contributed by atoms with Crippen molar-refractivity contribution in [1.82, 2.24) is 15.4 Å². The summed E-state index contributed by atoms with van der Waals surface area (Å²) in [6.45, 7) is 1.98. The predicted molar refractivity (Wildman–Crippen MR) is 88.6 cm³/mol. The smallest absolute Gasteiger partial charge is 0.271 e. The molecule has 6 heteroatoms.